The molecule has 2 aromatic carbocycles. The molecule has 4 rings (SSSR count). The van der Waals surface area contributed by atoms with Crippen molar-refractivity contribution in [3.63, 3.8) is 0 Å². The molecule has 1 aliphatic rings. The summed E-state index contributed by atoms with van der Waals surface area (Å²) in [7, 11) is 0. The molecule has 0 radical (unpaired) electrons. The predicted molar refractivity (Wildman–Crippen MR) is 108 cm³/mol. The summed E-state index contributed by atoms with van der Waals surface area (Å²) in [5, 5.41) is 0. The molecule has 0 fully saturated rings. The number of fused-ring (bicyclic) bond motifs is 1. The molecule has 0 saturated carbocycles. The molecular formula is C24H19NO2. The molecule has 0 N–H and O–H groups in total. The summed E-state index contributed by atoms with van der Waals surface area (Å²) in [4.78, 5) is 16.8. The summed E-state index contributed by atoms with van der Waals surface area (Å²) in [6, 6.07) is 21.6. The Hall–Kier alpha value is -3.46. The number of pyridine rings is 1. The molecule has 132 valence electrons. The van der Waals surface area contributed by atoms with Crippen molar-refractivity contribution in [1.29, 1.82) is 0 Å². The third kappa shape index (κ3) is 3.58. The number of hydrogen-bond acceptors (Lipinski definition) is 3. The van der Waals surface area contributed by atoms with Crippen molar-refractivity contribution in [2.75, 3.05) is 0 Å². The third-order valence-electron chi connectivity index (χ3n) is 4.59. The fourth-order valence-corrected chi connectivity index (χ4v) is 3.27. The molecule has 27 heavy (non-hydrogen) atoms. The number of aromatic nitrogens is 1. The summed E-state index contributed by atoms with van der Waals surface area (Å²) in [5.41, 5.74) is 5.42. The fraction of sp³-hybridized carbons (Fsp3) is 0.0833. The smallest absolute Gasteiger partial charge is 0.339 e. The maximum absolute atomic E-state index is 12.6. The fourth-order valence-electron chi connectivity index (χ4n) is 3.27. The van der Waals surface area contributed by atoms with E-state index in [1.807, 2.05) is 79.9 Å². The quantitative estimate of drug-likeness (QED) is 0.590. The first-order valence-corrected chi connectivity index (χ1v) is 8.91. The highest BCUT2D eigenvalue weighted by Crippen LogP contribution is 2.36. The number of carbonyl (C=O) groups is 1. The van der Waals surface area contributed by atoms with E-state index in [9.17, 15) is 4.79 Å². The van der Waals surface area contributed by atoms with Crippen molar-refractivity contribution in [2.24, 2.45) is 0 Å². The molecule has 1 aliphatic heterocycles. The average molecular weight is 353 g/mol. The minimum atomic E-state index is -0.368. The second-order valence-electron chi connectivity index (χ2n) is 6.45. The molecule has 0 spiro atoms. The van der Waals surface area contributed by atoms with Crippen LogP contribution in [0.2, 0.25) is 0 Å². The monoisotopic (exact) mass is 353 g/mol. The molecule has 1 aromatic heterocycles. The molecule has 0 saturated heterocycles. The van der Waals surface area contributed by atoms with Crippen LogP contribution in [0, 0.1) is 0 Å². The Balaban J connectivity index is 1.96. The highest BCUT2D eigenvalue weighted by Gasteiger charge is 2.28. The molecular weight excluding hydrogens is 334 g/mol. The Morgan fingerprint density at radius 2 is 1.56 bits per heavy atom. The number of benzene rings is 2. The van der Waals surface area contributed by atoms with Crippen LogP contribution < -0.4 is 0 Å². The van der Waals surface area contributed by atoms with Gasteiger partial charge in [0.15, 0.2) is 0 Å². The number of cyclic esters (lactones) is 1. The van der Waals surface area contributed by atoms with E-state index in [-0.39, 0.29) is 12.1 Å². The van der Waals surface area contributed by atoms with Crippen LogP contribution >= 0.6 is 0 Å². The Kier molecular flexibility index (Phi) is 4.67. The van der Waals surface area contributed by atoms with Gasteiger partial charge in [-0.1, -0.05) is 54.6 Å². The van der Waals surface area contributed by atoms with Crippen molar-refractivity contribution in [2.45, 2.75) is 13.0 Å². The number of ether oxygens (including phenoxy) is 1. The zero-order valence-corrected chi connectivity index (χ0v) is 15.0. The minimum absolute atomic E-state index is 0.299. The lowest BCUT2D eigenvalue weighted by molar-refractivity contribution is 0.0421. The van der Waals surface area contributed by atoms with Crippen LogP contribution in [-0.2, 0) is 4.74 Å². The summed E-state index contributed by atoms with van der Waals surface area (Å²) < 4.78 is 5.73. The Labute approximate surface area is 158 Å². The Morgan fingerprint density at radius 3 is 2.30 bits per heavy atom. The van der Waals surface area contributed by atoms with Gasteiger partial charge in [0, 0.05) is 18.0 Å². The van der Waals surface area contributed by atoms with Crippen molar-refractivity contribution < 1.29 is 9.53 Å². The van der Waals surface area contributed by atoms with Crippen molar-refractivity contribution in [1.82, 2.24) is 4.98 Å². The second kappa shape index (κ2) is 7.42. The molecule has 1 atom stereocenters. The molecule has 3 aromatic rings. The molecule has 0 bridgehead atoms. The SMILES string of the molecule is C[C@@H]1OC(=O)c2ccccc2C(=C/c2cccnc2)/C1=C/c1ccccc1. The van der Waals surface area contributed by atoms with Crippen LogP contribution in [0.15, 0.2) is 84.7 Å². The summed E-state index contributed by atoms with van der Waals surface area (Å²) in [5.74, 6) is -0.299. The van der Waals surface area contributed by atoms with Crippen LogP contribution in [0.4, 0.5) is 0 Å². The maximum Gasteiger partial charge on any atom is 0.339 e. The van der Waals surface area contributed by atoms with Gasteiger partial charge in [-0.05, 0) is 53.5 Å². The van der Waals surface area contributed by atoms with E-state index in [2.05, 4.69) is 17.1 Å². The predicted octanol–water partition coefficient (Wildman–Crippen LogP) is 5.26. The molecule has 3 nitrogen and oxygen atoms in total. The molecule has 3 heteroatoms. The zero-order chi connectivity index (χ0) is 18.6. The van der Waals surface area contributed by atoms with E-state index in [4.69, 9.17) is 4.74 Å². The van der Waals surface area contributed by atoms with Gasteiger partial charge in [0.1, 0.15) is 6.10 Å². The van der Waals surface area contributed by atoms with E-state index >= 15 is 0 Å². The van der Waals surface area contributed by atoms with Gasteiger partial charge >= 0.3 is 5.97 Å². The number of rotatable bonds is 2. The lowest BCUT2D eigenvalue weighted by Crippen LogP contribution is -2.14. The van der Waals surface area contributed by atoms with Crippen molar-refractivity contribution >= 4 is 23.7 Å². The Bertz CT molecular complexity index is 1020. The standard InChI is InChI=1S/C24H19NO2/c1-17-22(14-18-8-3-2-4-9-18)23(15-19-10-7-13-25-16-19)20-11-5-6-12-21(20)24(26)27-17/h2-17H,1H3/b22-14+,23-15-/t17-/m0/s1. The van der Waals surface area contributed by atoms with E-state index < -0.39 is 0 Å². The largest absolute Gasteiger partial charge is 0.454 e. The summed E-state index contributed by atoms with van der Waals surface area (Å²) >= 11 is 0. The summed E-state index contributed by atoms with van der Waals surface area (Å²) in [6.45, 7) is 1.91. The van der Waals surface area contributed by atoms with E-state index in [0.29, 0.717) is 5.56 Å². The number of hydrogen-bond donors (Lipinski definition) is 0. The zero-order valence-electron chi connectivity index (χ0n) is 15.0. The van der Waals surface area contributed by atoms with E-state index in [1.165, 1.54) is 0 Å². The molecule has 0 unspecified atom stereocenters. The van der Waals surface area contributed by atoms with Crippen molar-refractivity contribution in [3.8, 4) is 0 Å². The van der Waals surface area contributed by atoms with E-state index in [1.54, 1.807) is 6.20 Å². The van der Waals surface area contributed by atoms with E-state index in [0.717, 1.165) is 27.8 Å². The van der Waals surface area contributed by atoms with Crippen LogP contribution in [0.1, 0.15) is 34.0 Å². The first kappa shape index (κ1) is 17.0. The average Bonchev–Trinajstić information content (AvgIpc) is 2.80. The van der Waals surface area contributed by atoms with Gasteiger partial charge in [0.05, 0.1) is 5.56 Å². The lowest BCUT2D eigenvalue weighted by Gasteiger charge is -2.16. The van der Waals surface area contributed by atoms with Gasteiger partial charge < -0.3 is 4.74 Å². The van der Waals surface area contributed by atoms with Gasteiger partial charge in [0.25, 0.3) is 0 Å². The highest BCUT2D eigenvalue weighted by atomic mass is 16.5. The Morgan fingerprint density at radius 1 is 0.852 bits per heavy atom. The van der Waals surface area contributed by atoms with Gasteiger partial charge in [0.2, 0.25) is 0 Å². The highest BCUT2D eigenvalue weighted by molar-refractivity contribution is 6.05. The third-order valence-corrected chi connectivity index (χ3v) is 4.59. The lowest BCUT2D eigenvalue weighted by atomic mass is 9.90. The van der Waals surface area contributed by atoms with Gasteiger partial charge in [-0.25, -0.2) is 4.79 Å². The van der Waals surface area contributed by atoms with Crippen LogP contribution in [0.3, 0.4) is 0 Å². The van der Waals surface area contributed by atoms with Crippen LogP contribution in [0.5, 0.6) is 0 Å². The maximum atomic E-state index is 12.6. The molecule has 0 amide bonds. The van der Waals surface area contributed by atoms with Gasteiger partial charge in [-0.15, -0.1) is 0 Å². The molecule has 0 aliphatic carbocycles. The van der Waals surface area contributed by atoms with Gasteiger partial charge in [-0.2, -0.15) is 0 Å². The summed E-state index contributed by atoms with van der Waals surface area (Å²) in [6.07, 6.45) is 7.35. The van der Waals surface area contributed by atoms with Crippen LogP contribution in [-0.4, -0.2) is 17.1 Å². The normalized spacial score (nSPS) is 19.4. The van der Waals surface area contributed by atoms with Gasteiger partial charge in [-0.3, -0.25) is 4.98 Å². The number of nitrogens with zero attached hydrogens (tertiary/aromatic N) is 1. The van der Waals surface area contributed by atoms with Crippen LogP contribution in [0.25, 0.3) is 17.7 Å². The minimum Gasteiger partial charge on any atom is -0.454 e. The first-order chi connectivity index (χ1) is 13.2. The number of esters is 1. The topological polar surface area (TPSA) is 39.2 Å². The first-order valence-electron chi connectivity index (χ1n) is 8.91. The second-order valence-corrected chi connectivity index (χ2v) is 6.45. The molecule has 2 heterocycles. The number of carbonyl (C=O) groups excluding carboxylic acids is 1. The van der Waals surface area contributed by atoms with Crippen molar-refractivity contribution in [3.05, 3.63) is 107 Å².